The smallest absolute Gasteiger partial charge is 0.368 e. The third kappa shape index (κ3) is 4.25. The van der Waals surface area contributed by atoms with Crippen molar-refractivity contribution in [2.45, 2.75) is 51.0 Å². The van der Waals surface area contributed by atoms with Crippen LogP contribution < -0.4 is 0 Å². The predicted molar refractivity (Wildman–Crippen MR) is 68.4 cm³/mol. The summed E-state index contributed by atoms with van der Waals surface area (Å²) in [5, 5.41) is 0. The fourth-order valence-corrected chi connectivity index (χ4v) is 4.18. The Bertz CT molecular complexity index is 245. The highest BCUT2D eigenvalue weighted by molar-refractivity contribution is 8.15. The number of rotatable bonds is 2. The average molecular weight is 248 g/mol. The minimum absolute atomic E-state index is 0.315. The first-order valence-corrected chi connectivity index (χ1v) is 7.05. The van der Waals surface area contributed by atoms with Gasteiger partial charge in [-0.1, -0.05) is 0 Å². The lowest BCUT2D eigenvalue weighted by atomic mass is 10.3. The van der Waals surface area contributed by atoms with Crippen molar-refractivity contribution < 1.29 is 9.11 Å². The van der Waals surface area contributed by atoms with Crippen LogP contribution in [0.5, 0.6) is 0 Å². The molecule has 0 aromatic carbocycles. The van der Waals surface area contributed by atoms with E-state index in [2.05, 4.69) is 12.3 Å². The van der Waals surface area contributed by atoms with Crippen molar-refractivity contribution in [3.63, 3.8) is 0 Å². The van der Waals surface area contributed by atoms with Gasteiger partial charge in [0.15, 0.2) is 0 Å². The summed E-state index contributed by atoms with van der Waals surface area (Å²) >= 11 is -2.62. The summed E-state index contributed by atoms with van der Waals surface area (Å²) in [5.41, 5.74) is 2.58. The standard InChI is InChI=1S/C11H20O2S2/c1-8-9(14(12)10(2,3)4)15(13)11(5,6)7/h1H2,2-7H3. The van der Waals surface area contributed by atoms with Gasteiger partial charge in [-0.05, 0) is 53.9 Å². The van der Waals surface area contributed by atoms with E-state index in [4.69, 9.17) is 0 Å². The summed E-state index contributed by atoms with van der Waals surface area (Å²) in [6, 6.07) is 0. The van der Waals surface area contributed by atoms with Gasteiger partial charge in [0.1, 0.15) is 9.49 Å². The Morgan fingerprint density at radius 3 is 1.33 bits per heavy atom. The summed E-state index contributed by atoms with van der Waals surface area (Å²) in [6.45, 7) is 14.6. The van der Waals surface area contributed by atoms with Gasteiger partial charge < -0.3 is 9.11 Å². The monoisotopic (exact) mass is 248 g/mol. The Morgan fingerprint density at radius 1 is 0.933 bits per heavy atom. The molecule has 2 nitrogen and oxygen atoms in total. The quantitative estimate of drug-likeness (QED) is 0.557. The fourth-order valence-electron chi connectivity index (χ4n) is 0.756. The molecule has 0 spiro atoms. The summed E-state index contributed by atoms with van der Waals surface area (Å²) < 4.78 is 23.6. The van der Waals surface area contributed by atoms with Crippen molar-refractivity contribution in [3.05, 3.63) is 16.5 Å². The molecule has 2 atom stereocenters. The maximum atomic E-state index is 12.1. The van der Waals surface area contributed by atoms with Gasteiger partial charge in [0, 0.05) is 22.4 Å². The largest absolute Gasteiger partial charge is 0.607 e. The molecule has 0 fully saturated rings. The van der Waals surface area contributed by atoms with Crippen LogP contribution >= 0.6 is 0 Å². The van der Waals surface area contributed by atoms with Gasteiger partial charge in [0.2, 0.25) is 0 Å². The van der Waals surface area contributed by atoms with Crippen molar-refractivity contribution in [2.75, 3.05) is 0 Å². The average Bonchev–Trinajstić information content (AvgIpc) is 2.01. The molecule has 0 bridgehead atoms. The SMILES string of the molecule is C=C=C([S+]([O-])C(C)(C)C)[S+]([O-])C(C)(C)C. The maximum Gasteiger partial charge on any atom is 0.368 e. The maximum absolute atomic E-state index is 12.1. The van der Waals surface area contributed by atoms with Gasteiger partial charge in [-0.2, -0.15) is 0 Å². The van der Waals surface area contributed by atoms with Crippen molar-refractivity contribution in [1.29, 1.82) is 0 Å². The summed E-state index contributed by atoms with van der Waals surface area (Å²) in [4.78, 5) is 0. The zero-order chi connectivity index (χ0) is 12.4. The Balaban J connectivity index is 5.06. The molecular weight excluding hydrogens is 228 g/mol. The van der Waals surface area contributed by atoms with Crippen molar-refractivity contribution in [1.82, 2.24) is 0 Å². The molecule has 0 aliphatic heterocycles. The van der Waals surface area contributed by atoms with Gasteiger partial charge in [-0.25, -0.2) is 0 Å². The van der Waals surface area contributed by atoms with E-state index in [-0.39, 0.29) is 0 Å². The van der Waals surface area contributed by atoms with E-state index in [1.165, 1.54) is 0 Å². The van der Waals surface area contributed by atoms with Crippen LogP contribution in [0.25, 0.3) is 0 Å². The van der Waals surface area contributed by atoms with Crippen LogP contribution in [0.2, 0.25) is 0 Å². The van der Waals surface area contributed by atoms with Gasteiger partial charge in [0.25, 0.3) is 0 Å². The Labute approximate surface area is 99.2 Å². The van der Waals surface area contributed by atoms with Crippen molar-refractivity contribution in [2.24, 2.45) is 0 Å². The van der Waals surface area contributed by atoms with E-state index < -0.39 is 31.8 Å². The summed E-state index contributed by atoms with van der Waals surface area (Å²) in [7, 11) is 0. The molecule has 0 aromatic heterocycles. The number of hydrogen-bond acceptors (Lipinski definition) is 2. The highest BCUT2D eigenvalue weighted by Gasteiger charge is 2.43. The molecule has 4 heteroatoms. The topological polar surface area (TPSA) is 46.1 Å². The van der Waals surface area contributed by atoms with E-state index in [9.17, 15) is 9.11 Å². The van der Waals surface area contributed by atoms with E-state index in [1.54, 1.807) is 0 Å². The summed E-state index contributed by atoms with van der Waals surface area (Å²) in [6.07, 6.45) is 0. The van der Waals surface area contributed by atoms with E-state index in [0.717, 1.165) is 0 Å². The molecule has 0 saturated carbocycles. The van der Waals surface area contributed by atoms with Gasteiger partial charge in [-0.3, -0.25) is 0 Å². The molecule has 2 unspecified atom stereocenters. The van der Waals surface area contributed by atoms with Crippen LogP contribution in [-0.4, -0.2) is 18.6 Å². The lowest BCUT2D eigenvalue weighted by Gasteiger charge is -2.29. The molecule has 0 radical (unpaired) electrons. The Kier molecular flexibility index (Phi) is 5.03. The molecule has 88 valence electrons. The van der Waals surface area contributed by atoms with Crippen LogP contribution in [0.15, 0.2) is 16.5 Å². The first kappa shape index (κ1) is 15.1. The first-order chi connectivity index (χ1) is 6.51. The second kappa shape index (κ2) is 4.98. The minimum Gasteiger partial charge on any atom is -0.607 e. The molecule has 0 aliphatic rings. The van der Waals surface area contributed by atoms with Crippen molar-refractivity contribution in [3.8, 4) is 0 Å². The highest BCUT2D eigenvalue weighted by Crippen LogP contribution is 2.32. The molecule has 0 rings (SSSR count). The molecule has 0 heterocycles. The van der Waals surface area contributed by atoms with E-state index in [0.29, 0.717) is 4.24 Å². The molecule has 0 aromatic rings. The lowest BCUT2D eigenvalue weighted by Crippen LogP contribution is -2.37. The van der Waals surface area contributed by atoms with E-state index in [1.807, 2.05) is 41.5 Å². The van der Waals surface area contributed by atoms with Gasteiger partial charge >= 0.3 is 4.24 Å². The second-order valence-electron chi connectivity index (χ2n) is 5.23. The van der Waals surface area contributed by atoms with Crippen molar-refractivity contribution >= 4 is 22.4 Å². The van der Waals surface area contributed by atoms with Crippen LogP contribution in [0.1, 0.15) is 41.5 Å². The van der Waals surface area contributed by atoms with E-state index >= 15 is 0 Å². The Morgan fingerprint density at radius 2 is 1.20 bits per heavy atom. The molecule has 0 N–H and O–H groups in total. The third-order valence-electron chi connectivity index (χ3n) is 1.59. The summed E-state index contributed by atoms with van der Waals surface area (Å²) in [5.74, 6) is 0. The molecule has 0 saturated heterocycles. The normalized spacial score (nSPS) is 16.8. The number of hydrogen-bond donors (Lipinski definition) is 0. The van der Waals surface area contributed by atoms with Crippen LogP contribution in [0.4, 0.5) is 0 Å². The first-order valence-electron chi connectivity index (χ1n) is 4.75. The molecule has 15 heavy (non-hydrogen) atoms. The zero-order valence-corrected chi connectivity index (χ0v) is 12.0. The molecule has 0 amide bonds. The zero-order valence-electron chi connectivity index (χ0n) is 10.3. The Hall–Kier alpha value is 0.140. The van der Waals surface area contributed by atoms with Crippen LogP contribution in [-0.2, 0) is 22.4 Å². The minimum atomic E-state index is -1.31. The highest BCUT2D eigenvalue weighted by atomic mass is 32.3. The fraction of sp³-hybridized carbons (Fsp3) is 0.727. The molecular formula is C11H20O2S2. The second-order valence-corrected chi connectivity index (χ2v) is 9.83. The van der Waals surface area contributed by atoms with Crippen LogP contribution in [0.3, 0.4) is 0 Å². The lowest BCUT2D eigenvalue weighted by molar-refractivity contribution is 0.556. The molecule has 0 aliphatic carbocycles. The predicted octanol–water partition coefficient (Wildman–Crippen LogP) is 2.71. The van der Waals surface area contributed by atoms with Crippen LogP contribution in [0, 0.1) is 0 Å². The van der Waals surface area contributed by atoms with Gasteiger partial charge in [0.05, 0.1) is 0 Å². The third-order valence-corrected chi connectivity index (χ3v) is 5.69. The van der Waals surface area contributed by atoms with Gasteiger partial charge in [-0.15, -0.1) is 0 Å².